The SMILES string of the molecule is COc1ccc(N2CCN(C(=O)/C(C)=C/c3ccccc3F)CC2)cc1. The molecule has 1 aliphatic heterocycles. The first-order valence-electron chi connectivity index (χ1n) is 8.69. The topological polar surface area (TPSA) is 32.8 Å². The van der Waals surface area contributed by atoms with Gasteiger partial charge in [-0.25, -0.2) is 4.39 Å². The van der Waals surface area contributed by atoms with Gasteiger partial charge in [0.15, 0.2) is 0 Å². The Balaban J connectivity index is 1.61. The van der Waals surface area contributed by atoms with Gasteiger partial charge in [0, 0.05) is 43.0 Å². The summed E-state index contributed by atoms with van der Waals surface area (Å²) >= 11 is 0. The number of nitrogens with zero attached hydrogens (tertiary/aromatic N) is 2. The van der Waals surface area contributed by atoms with Crippen molar-refractivity contribution in [3.05, 3.63) is 65.5 Å². The summed E-state index contributed by atoms with van der Waals surface area (Å²) in [7, 11) is 1.65. The maximum atomic E-state index is 13.8. The van der Waals surface area contributed by atoms with Crippen LogP contribution in [0.25, 0.3) is 6.08 Å². The van der Waals surface area contributed by atoms with Crippen molar-refractivity contribution in [2.24, 2.45) is 0 Å². The van der Waals surface area contributed by atoms with E-state index in [1.54, 1.807) is 38.3 Å². The lowest BCUT2D eigenvalue weighted by Crippen LogP contribution is -2.49. The van der Waals surface area contributed by atoms with Crippen molar-refractivity contribution in [1.82, 2.24) is 4.90 Å². The van der Waals surface area contributed by atoms with Crippen LogP contribution in [-0.4, -0.2) is 44.1 Å². The van der Waals surface area contributed by atoms with Gasteiger partial charge in [0.05, 0.1) is 7.11 Å². The minimum atomic E-state index is -0.316. The van der Waals surface area contributed by atoms with Crippen molar-refractivity contribution in [3.8, 4) is 5.75 Å². The predicted octanol–water partition coefficient (Wildman–Crippen LogP) is 3.59. The zero-order chi connectivity index (χ0) is 18.5. The van der Waals surface area contributed by atoms with Crippen molar-refractivity contribution in [3.63, 3.8) is 0 Å². The fourth-order valence-corrected chi connectivity index (χ4v) is 3.10. The van der Waals surface area contributed by atoms with Crippen LogP contribution in [0.1, 0.15) is 12.5 Å². The first-order valence-corrected chi connectivity index (χ1v) is 8.69. The highest BCUT2D eigenvalue weighted by atomic mass is 19.1. The van der Waals surface area contributed by atoms with Gasteiger partial charge in [0.2, 0.25) is 5.91 Å². The maximum Gasteiger partial charge on any atom is 0.249 e. The van der Waals surface area contributed by atoms with Gasteiger partial charge < -0.3 is 14.5 Å². The molecule has 4 nitrogen and oxygen atoms in total. The van der Waals surface area contributed by atoms with E-state index in [1.165, 1.54) is 6.07 Å². The Morgan fingerprint density at radius 2 is 1.69 bits per heavy atom. The van der Waals surface area contributed by atoms with E-state index in [0.717, 1.165) is 24.5 Å². The Hall–Kier alpha value is -2.82. The highest BCUT2D eigenvalue weighted by Crippen LogP contribution is 2.21. The molecular formula is C21H23FN2O2. The molecule has 2 aromatic carbocycles. The van der Waals surface area contributed by atoms with Gasteiger partial charge in [-0.1, -0.05) is 18.2 Å². The van der Waals surface area contributed by atoms with Crippen LogP contribution in [0, 0.1) is 5.82 Å². The normalized spacial score (nSPS) is 15.1. The molecule has 0 spiro atoms. The number of methoxy groups -OCH3 is 1. The number of hydrogen-bond donors (Lipinski definition) is 0. The quantitative estimate of drug-likeness (QED) is 0.787. The number of rotatable bonds is 4. The van der Waals surface area contributed by atoms with Crippen LogP contribution >= 0.6 is 0 Å². The van der Waals surface area contributed by atoms with E-state index in [1.807, 2.05) is 29.2 Å². The molecule has 1 fully saturated rings. The van der Waals surface area contributed by atoms with E-state index >= 15 is 0 Å². The third kappa shape index (κ3) is 4.04. The van der Waals surface area contributed by atoms with E-state index in [0.29, 0.717) is 24.2 Å². The van der Waals surface area contributed by atoms with E-state index in [-0.39, 0.29) is 11.7 Å². The molecule has 3 rings (SSSR count). The largest absolute Gasteiger partial charge is 0.497 e. The zero-order valence-corrected chi connectivity index (χ0v) is 15.1. The lowest BCUT2D eigenvalue weighted by molar-refractivity contribution is -0.127. The molecule has 0 aromatic heterocycles. The molecule has 136 valence electrons. The molecule has 1 amide bonds. The van der Waals surface area contributed by atoms with Gasteiger partial charge in [-0.05, 0) is 43.3 Å². The number of carbonyl (C=O) groups excluding carboxylic acids is 1. The highest BCUT2D eigenvalue weighted by molar-refractivity contribution is 5.97. The minimum Gasteiger partial charge on any atom is -0.497 e. The molecule has 1 heterocycles. The summed E-state index contributed by atoms with van der Waals surface area (Å²) in [5.41, 5.74) is 2.11. The van der Waals surface area contributed by atoms with E-state index in [4.69, 9.17) is 4.74 Å². The van der Waals surface area contributed by atoms with Crippen LogP contribution in [0.4, 0.5) is 10.1 Å². The molecule has 0 atom stereocenters. The van der Waals surface area contributed by atoms with Gasteiger partial charge in [-0.15, -0.1) is 0 Å². The number of hydrogen-bond acceptors (Lipinski definition) is 3. The van der Waals surface area contributed by atoms with Crippen molar-refractivity contribution >= 4 is 17.7 Å². The van der Waals surface area contributed by atoms with Crippen LogP contribution in [0.15, 0.2) is 54.1 Å². The summed E-state index contributed by atoms with van der Waals surface area (Å²) in [5.74, 6) is 0.475. The number of anilines is 1. The number of carbonyl (C=O) groups is 1. The molecule has 1 aliphatic rings. The third-order valence-electron chi connectivity index (χ3n) is 4.62. The monoisotopic (exact) mass is 354 g/mol. The number of amides is 1. The second kappa shape index (κ2) is 8.04. The molecule has 26 heavy (non-hydrogen) atoms. The van der Waals surface area contributed by atoms with Crippen molar-refractivity contribution in [2.45, 2.75) is 6.92 Å². The van der Waals surface area contributed by atoms with Crippen LogP contribution < -0.4 is 9.64 Å². The second-order valence-corrected chi connectivity index (χ2v) is 6.33. The summed E-state index contributed by atoms with van der Waals surface area (Å²) in [6.07, 6.45) is 1.62. The molecular weight excluding hydrogens is 331 g/mol. The summed E-state index contributed by atoms with van der Waals surface area (Å²) in [5, 5.41) is 0. The molecule has 5 heteroatoms. The summed E-state index contributed by atoms with van der Waals surface area (Å²) in [6, 6.07) is 14.4. The highest BCUT2D eigenvalue weighted by Gasteiger charge is 2.22. The molecule has 0 bridgehead atoms. The van der Waals surface area contributed by atoms with E-state index in [2.05, 4.69) is 4.90 Å². The lowest BCUT2D eigenvalue weighted by atomic mass is 10.1. The summed E-state index contributed by atoms with van der Waals surface area (Å²) in [4.78, 5) is 16.7. The first kappa shape index (κ1) is 18.0. The molecule has 2 aromatic rings. The number of halogens is 1. The van der Waals surface area contributed by atoms with Gasteiger partial charge >= 0.3 is 0 Å². The van der Waals surface area contributed by atoms with Crippen molar-refractivity contribution in [2.75, 3.05) is 38.2 Å². The third-order valence-corrected chi connectivity index (χ3v) is 4.62. The molecule has 0 unspecified atom stereocenters. The van der Waals surface area contributed by atoms with Gasteiger partial charge in [-0.2, -0.15) is 0 Å². The average molecular weight is 354 g/mol. The van der Waals surface area contributed by atoms with Gasteiger partial charge in [-0.3, -0.25) is 4.79 Å². The zero-order valence-electron chi connectivity index (χ0n) is 15.1. The van der Waals surface area contributed by atoms with Gasteiger partial charge in [0.1, 0.15) is 11.6 Å². The summed E-state index contributed by atoms with van der Waals surface area (Å²) < 4.78 is 18.9. The molecule has 0 aliphatic carbocycles. The van der Waals surface area contributed by atoms with Crippen molar-refractivity contribution < 1.29 is 13.9 Å². The minimum absolute atomic E-state index is 0.0392. The van der Waals surface area contributed by atoms with Crippen molar-refractivity contribution in [1.29, 1.82) is 0 Å². The Morgan fingerprint density at radius 1 is 1.04 bits per heavy atom. The van der Waals surface area contributed by atoms with E-state index < -0.39 is 0 Å². The fourth-order valence-electron chi connectivity index (χ4n) is 3.10. The molecule has 0 saturated carbocycles. The number of piperazine rings is 1. The Bertz CT molecular complexity index is 794. The Morgan fingerprint density at radius 3 is 2.31 bits per heavy atom. The lowest BCUT2D eigenvalue weighted by Gasteiger charge is -2.36. The Kier molecular flexibility index (Phi) is 5.56. The predicted molar refractivity (Wildman–Crippen MR) is 102 cm³/mol. The Labute approximate surface area is 153 Å². The fraction of sp³-hybridized carbons (Fsp3) is 0.286. The summed E-state index contributed by atoms with van der Waals surface area (Å²) in [6.45, 7) is 4.57. The number of benzene rings is 2. The maximum absolute atomic E-state index is 13.8. The average Bonchev–Trinajstić information content (AvgIpc) is 2.69. The number of ether oxygens (including phenoxy) is 1. The second-order valence-electron chi connectivity index (χ2n) is 6.33. The smallest absolute Gasteiger partial charge is 0.249 e. The molecule has 0 radical (unpaired) electrons. The van der Waals surface area contributed by atoms with Crippen LogP contribution in [0.5, 0.6) is 5.75 Å². The first-order chi connectivity index (χ1) is 12.6. The standard InChI is InChI=1S/C21H23FN2O2/c1-16(15-17-5-3-4-6-20(17)22)21(25)24-13-11-23(12-14-24)18-7-9-19(26-2)10-8-18/h3-10,15H,11-14H2,1-2H3/b16-15+. The van der Waals surface area contributed by atoms with Crippen LogP contribution in [0.3, 0.4) is 0 Å². The molecule has 1 saturated heterocycles. The van der Waals surface area contributed by atoms with Gasteiger partial charge in [0.25, 0.3) is 0 Å². The van der Waals surface area contributed by atoms with Crippen LogP contribution in [-0.2, 0) is 4.79 Å². The van der Waals surface area contributed by atoms with Crippen LogP contribution in [0.2, 0.25) is 0 Å². The van der Waals surface area contributed by atoms with E-state index in [9.17, 15) is 9.18 Å². The molecule has 0 N–H and O–H groups in total.